The van der Waals surface area contributed by atoms with Crippen molar-refractivity contribution in [3.63, 3.8) is 0 Å². The molecule has 1 rings (SSSR count). The molecular formula is C10H8BrFN2O3. The van der Waals surface area contributed by atoms with E-state index < -0.39 is 22.3 Å². The molecule has 0 aliphatic heterocycles. The van der Waals surface area contributed by atoms with Crippen molar-refractivity contribution < 1.29 is 14.1 Å². The van der Waals surface area contributed by atoms with Crippen LogP contribution in [0.5, 0.6) is 0 Å². The third-order valence-electron chi connectivity index (χ3n) is 1.85. The third kappa shape index (κ3) is 3.63. The van der Waals surface area contributed by atoms with Gasteiger partial charge in [0.1, 0.15) is 0 Å². The molecule has 0 spiro atoms. The fourth-order valence-electron chi connectivity index (χ4n) is 1.07. The zero-order chi connectivity index (χ0) is 13.0. The Morgan fingerprint density at radius 3 is 2.76 bits per heavy atom. The smallest absolute Gasteiger partial charge is 0.305 e. The zero-order valence-corrected chi connectivity index (χ0v) is 10.2. The van der Waals surface area contributed by atoms with E-state index in [-0.39, 0.29) is 12.1 Å². The summed E-state index contributed by atoms with van der Waals surface area (Å²) in [5, 5.41) is 12.9. The Morgan fingerprint density at radius 1 is 1.59 bits per heavy atom. The van der Waals surface area contributed by atoms with Crippen molar-refractivity contribution in [3.05, 3.63) is 50.8 Å². The minimum Gasteiger partial charge on any atom is -0.347 e. The number of hydrogen-bond acceptors (Lipinski definition) is 3. The number of nitro benzene ring substituents is 1. The first-order chi connectivity index (χ1) is 7.91. The van der Waals surface area contributed by atoms with Gasteiger partial charge in [-0.05, 0) is 12.1 Å². The van der Waals surface area contributed by atoms with E-state index >= 15 is 0 Å². The summed E-state index contributed by atoms with van der Waals surface area (Å²) in [5.74, 6) is -1.51. The van der Waals surface area contributed by atoms with Crippen molar-refractivity contribution in [2.75, 3.05) is 6.54 Å². The van der Waals surface area contributed by atoms with Crippen molar-refractivity contribution >= 4 is 27.5 Å². The lowest BCUT2D eigenvalue weighted by atomic mass is 10.2. The summed E-state index contributed by atoms with van der Waals surface area (Å²) in [6, 6.07) is 2.95. The Hall–Kier alpha value is -1.76. The van der Waals surface area contributed by atoms with Gasteiger partial charge in [0.25, 0.3) is 5.91 Å². The number of hydrogen-bond donors (Lipinski definition) is 1. The highest BCUT2D eigenvalue weighted by molar-refractivity contribution is 9.11. The number of nitrogens with one attached hydrogen (secondary N) is 1. The summed E-state index contributed by atoms with van der Waals surface area (Å²) in [4.78, 5) is 21.1. The highest BCUT2D eigenvalue weighted by Crippen LogP contribution is 2.18. The van der Waals surface area contributed by atoms with Gasteiger partial charge in [-0.1, -0.05) is 22.5 Å². The molecule has 0 atom stereocenters. The monoisotopic (exact) mass is 302 g/mol. The molecule has 1 aromatic rings. The van der Waals surface area contributed by atoms with Gasteiger partial charge < -0.3 is 5.32 Å². The molecule has 0 unspecified atom stereocenters. The molecule has 0 bridgehead atoms. The van der Waals surface area contributed by atoms with Gasteiger partial charge in [-0.2, -0.15) is 4.39 Å². The summed E-state index contributed by atoms with van der Waals surface area (Å²) in [7, 11) is 0. The molecule has 1 amide bonds. The number of nitrogens with zero attached hydrogens (tertiary/aromatic N) is 1. The van der Waals surface area contributed by atoms with Crippen LogP contribution < -0.4 is 5.32 Å². The van der Waals surface area contributed by atoms with E-state index in [1.54, 1.807) is 0 Å². The maximum Gasteiger partial charge on any atom is 0.305 e. The van der Waals surface area contributed by atoms with Crippen LogP contribution in [0.1, 0.15) is 10.4 Å². The standard InChI is InChI=1S/C10H8BrFN2O3/c1-6(11)5-13-10(15)7-2-3-8(12)9(4-7)14(16)17/h2-4H,1,5H2,(H,13,15). The first-order valence-electron chi connectivity index (χ1n) is 4.47. The van der Waals surface area contributed by atoms with Crippen LogP contribution in [0.2, 0.25) is 0 Å². The lowest BCUT2D eigenvalue weighted by Crippen LogP contribution is -2.24. The predicted molar refractivity (Wildman–Crippen MR) is 63.5 cm³/mol. The Morgan fingerprint density at radius 2 is 2.24 bits per heavy atom. The van der Waals surface area contributed by atoms with Gasteiger partial charge in [-0.3, -0.25) is 14.9 Å². The van der Waals surface area contributed by atoms with Gasteiger partial charge in [0.05, 0.1) is 4.92 Å². The van der Waals surface area contributed by atoms with Crippen molar-refractivity contribution in [3.8, 4) is 0 Å². The third-order valence-corrected chi connectivity index (χ3v) is 2.13. The zero-order valence-electron chi connectivity index (χ0n) is 8.57. The van der Waals surface area contributed by atoms with Crippen LogP contribution in [-0.4, -0.2) is 17.4 Å². The largest absolute Gasteiger partial charge is 0.347 e. The average molecular weight is 303 g/mol. The van der Waals surface area contributed by atoms with E-state index in [1.165, 1.54) is 6.07 Å². The van der Waals surface area contributed by atoms with E-state index in [9.17, 15) is 19.3 Å². The Kier molecular flexibility index (Phi) is 4.33. The van der Waals surface area contributed by atoms with Crippen molar-refractivity contribution in [1.82, 2.24) is 5.32 Å². The molecule has 0 saturated heterocycles. The molecule has 7 heteroatoms. The fourth-order valence-corrected chi connectivity index (χ4v) is 1.21. The molecule has 0 aromatic heterocycles. The molecule has 5 nitrogen and oxygen atoms in total. The molecule has 0 saturated carbocycles. The van der Waals surface area contributed by atoms with Gasteiger partial charge in [0.2, 0.25) is 5.82 Å². The van der Waals surface area contributed by atoms with Crippen molar-refractivity contribution in [2.45, 2.75) is 0 Å². The van der Waals surface area contributed by atoms with Crippen molar-refractivity contribution in [2.24, 2.45) is 0 Å². The van der Waals surface area contributed by atoms with E-state index in [4.69, 9.17) is 0 Å². The summed E-state index contributed by atoms with van der Waals surface area (Å²) >= 11 is 3.05. The second-order valence-electron chi connectivity index (χ2n) is 3.12. The number of amides is 1. The van der Waals surface area contributed by atoms with Crippen LogP contribution >= 0.6 is 15.9 Å². The van der Waals surface area contributed by atoms with Crippen LogP contribution in [0.15, 0.2) is 29.3 Å². The van der Waals surface area contributed by atoms with Gasteiger partial charge in [0, 0.05) is 22.7 Å². The molecule has 90 valence electrons. The molecule has 1 N–H and O–H groups in total. The Balaban J connectivity index is 2.92. The number of carbonyl (C=O) groups excluding carboxylic acids is 1. The molecular weight excluding hydrogens is 295 g/mol. The molecule has 0 aliphatic carbocycles. The quantitative estimate of drug-likeness (QED) is 0.685. The SMILES string of the molecule is C=C(Br)CNC(=O)c1ccc(F)c([N+](=O)[O-])c1. The lowest BCUT2D eigenvalue weighted by molar-refractivity contribution is -0.387. The minimum absolute atomic E-state index is 0.0202. The lowest BCUT2D eigenvalue weighted by Gasteiger charge is -2.04. The van der Waals surface area contributed by atoms with Gasteiger partial charge in [-0.25, -0.2) is 0 Å². The normalized spacial score (nSPS) is 9.76. The Labute approximate surface area is 105 Å². The van der Waals surface area contributed by atoms with Crippen LogP contribution in [0.3, 0.4) is 0 Å². The summed E-state index contributed by atoms with van der Waals surface area (Å²) in [6.45, 7) is 3.70. The second-order valence-corrected chi connectivity index (χ2v) is 4.24. The average Bonchev–Trinajstić information content (AvgIpc) is 2.26. The van der Waals surface area contributed by atoms with Crippen LogP contribution in [0, 0.1) is 15.9 Å². The van der Waals surface area contributed by atoms with E-state index in [1.807, 2.05) is 0 Å². The first kappa shape index (κ1) is 13.3. The summed E-state index contributed by atoms with van der Waals surface area (Å²) < 4.78 is 13.6. The molecule has 1 aromatic carbocycles. The van der Waals surface area contributed by atoms with Crippen LogP contribution in [0.25, 0.3) is 0 Å². The number of rotatable bonds is 4. The molecule has 0 radical (unpaired) electrons. The fraction of sp³-hybridized carbons (Fsp3) is 0.100. The maximum absolute atomic E-state index is 13.0. The topological polar surface area (TPSA) is 72.2 Å². The molecule has 0 aliphatic rings. The maximum atomic E-state index is 13.0. The van der Waals surface area contributed by atoms with E-state index in [2.05, 4.69) is 27.8 Å². The summed E-state index contributed by atoms with van der Waals surface area (Å²) in [6.07, 6.45) is 0. The molecule has 0 heterocycles. The molecule has 0 fully saturated rings. The van der Waals surface area contributed by atoms with Crippen molar-refractivity contribution in [1.29, 1.82) is 0 Å². The predicted octanol–water partition coefficient (Wildman–Crippen LogP) is 2.37. The van der Waals surface area contributed by atoms with E-state index in [0.29, 0.717) is 4.48 Å². The second kappa shape index (κ2) is 5.53. The van der Waals surface area contributed by atoms with Crippen LogP contribution in [-0.2, 0) is 0 Å². The van der Waals surface area contributed by atoms with Crippen LogP contribution in [0.4, 0.5) is 10.1 Å². The number of halogens is 2. The highest BCUT2D eigenvalue weighted by atomic mass is 79.9. The minimum atomic E-state index is -0.976. The van der Waals surface area contributed by atoms with Gasteiger partial charge in [0.15, 0.2) is 0 Å². The first-order valence-corrected chi connectivity index (χ1v) is 5.26. The Bertz CT molecular complexity index is 490. The molecule has 17 heavy (non-hydrogen) atoms. The summed E-state index contributed by atoms with van der Waals surface area (Å²) in [5.41, 5.74) is -0.706. The number of benzene rings is 1. The van der Waals surface area contributed by atoms with E-state index in [0.717, 1.165) is 12.1 Å². The number of carbonyl (C=O) groups is 1. The number of nitro groups is 1. The van der Waals surface area contributed by atoms with Gasteiger partial charge in [-0.15, -0.1) is 0 Å². The highest BCUT2D eigenvalue weighted by Gasteiger charge is 2.17. The van der Waals surface area contributed by atoms with Gasteiger partial charge >= 0.3 is 5.69 Å².